The number of para-hydroxylation sites is 4. The highest BCUT2D eigenvalue weighted by Crippen LogP contribution is 2.40. The molecule has 40 heavy (non-hydrogen) atoms. The highest BCUT2D eigenvalue weighted by Gasteiger charge is 2.38. The largest absolute Gasteiger partial charge is 0.376 e. The van der Waals surface area contributed by atoms with Gasteiger partial charge in [0, 0.05) is 44.1 Å². The second-order valence-electron chi connectivity index (χ2n) is 11.9. The van der Waals surface area contributed by atoms with Crippen molar-refractivity contribution < 1.29 is 0 Å². The van der Waals surface area contributed by atoms with Gasteiger partial charge in [-0.05, 0) is 53.8 Å². The molecule has 6 aromatic rings. The van der Waals surface area contributed by atoms with Gasteiger partial charge in [-0.3, -0.25) is 0 Å². The zero-order chi connectivity index (χ0) is 27.0. The minimum Gasteiger partial charge on any atom is -0.376 e. The summed E-state index contributed by atoms with van der Waals surface area (Å²) < 4.78 is 5.28. The van der Waals surface area contributed by atoms with Crippen LogP contribution in [0.15, 0.2) is 91.0 Å². The van der Waals surface area contributed by atoms with Crippen LogP contribution in [0, 0.1) is 18.8 Å². The summed E-state index contributed by atoms with van der Waals surface area (Å²) in [5.41, 5.74) is 12.4. The fourth-order valence-corrected chi connectivity index (χ4v) is 8.10. The molecule has 4 aromatic carbocycles. The Morgan fingerprint density at radius 3 is 2.42 bits per heavy atom. The first-order valence-electron chi connectivity index (χ1n) is 15.1. The quantitative estimate of drug-likeness (QED) is 0.204. The summed E-state index contributed by atoms with van der Waals surface area (Å²) in [4.78, 5) is 0. The monoisotopic (exact) mass is 518 g/mol. The fraction of sp³-hybridized carbons (Fsp3) is 0.243. The summed E-state index contributed by atoms with van der Waals surface area (Å²) in [6, 6.07) is 31.9. The Kier molecular flexibility index (Phi) is 5.39. The SMILES string of the molecule is CCCC(CC)C1C=Cc2c(n3c4c(cccc24)B(n2c4ccccc4c4cccc(C)c42)c2ccccc2-3)C1. The van der Waals surface area contributed by atoms with Crippen molar-refractivity contribution in [1.82, 2.24) is 9.05 Å². The second-order valence-corrected chi connectivity index (χ2v) is 11.9. The lowest BCUT2D eigenvalue weighted by atomic mass is 9.48. The highest BCUT2D eigenvalue weighted by molar-refractivity contribution is 6.88. The van der Waals surface area contributed by atoms with Gasteiger partial charge in [-0.15, -0.1) is 0 Å². The van der Waals surface area contributed by atoms with Gasteiger partial charge >= 0.3 is 6.85 Å². The molecule has 0 radical (unpaired) electrons. The molecule has 2 nitrogen and oxygen atoms in total. The van der Waals surface area contributed by atoms with Crippen LogP contribution >= 0.6 is 0 Å². The Hall–Kier alpha value is -3.98. The average Bonchev–Trinajstić information content (AvgIpc) is 3.51. The molecule has 3 heterocycles. The molecule has 196 valence electrons. The molecule has 1 aliphatic heterocycles. The number of hydrogen-bond acceptors (Lipinski definition) is 0. The van der Waals surface area contributed by atoms with Crippen molar-refractivity contribution in [2.75, 3.05) is 0 Å². The number of aryl methyl sites for hydroxylation is 1. The Morgan fingerprint density at radius 1 is 0.800 bits per heavy atom. The van der Waals surface area contributed by atoms with Crippen molar-refractivity contribution in [1.29, 1.82) is 0 Å². The number of benzene rings is 4. The number of hydrogen-bond donors (Lipinski definition) is 0. The molecule has 2 unspecified atom stereocenters. The summed E-state index contributed by atoms with van der Waals surface area (Å²) in [5, 5.41) is 4.06. The van der Waals surface area contributed by atoms with E-state index in [-0.39, 0.29) is 6.85 Å². The maximum atomic E-state index is 2.64. The first-order chi connectivity index (χ1) is 19.7. The Bertz CT molecular complexity index is 1970. The normalized spacial score (nSPS) is 16.6. The van der Waals surface area contributed by atoms with E-state index in [1.807, 2.05) is 0 Å². The third-order valence-electron chi connectivity index (χ3n) is 9.85. The molecule has 0 amide bonds. The van der Waals surface area contributed by atoms with Crippen LogP contribution in [-0.2, 0) is 6.42 Å². The van der Waals surface area contributed by atoms with E-state index in [0.717, 1.165) is 12.3 Å². The third kappa shape index (κ3) is 3.18. The molecular weight excluding hydrogens is 483 g/mol. The number of rotatable bonds is 5. The van der Waals surface area contributed by atoms with E-state index in [9.17, 15) is 0 Å². The van der Waals surface area contributed by atoms with Crippen molar-refractivity contribution in [3.63, 3.8) is 0 Å². The standard InChI is InChI=1S/C37H35BN2/c1-4-12-25(5-2)26-21-22-28-30-16-11-18-32-37(30)39(35(28)23-26)34-20-9-7-17-31(34)38(32)40-33-19-8-6-14-27(33)29-15-10-13-24(3)36(29)40/h6-11,13-22,25-26H,4-5,12,23H2,1-3H3. The van der Waals surface area contributed by atoms with Crippen LogP contribution in [0.3, 0.4) is 0 Å². The van der Waals surface area contributed by atoms with Crippen molar-refractivity contribution in [2.24, 2.45) is 11.8 Å². The molecule has 2 aromatic heterocycles. The molecule has 2 atom stereocenters. The van der Waals surface area contributed by atoms with E-state index >= 15 is 0 Å². The molecule has 1 aliphatic carbocycles. The number of nitrogens with zero attached hydrogens (tertiary/aromatic N) is 2. The predicted octanol–water partition coefficient (Wildman–Crippen LogP) is 8.03. The molecule has 8 rings (SSSR count). The Balaban J connectivity index is 1.45. The van der Waals surface area contributed by atoms with Crippen LogP contribution in [0.1, 0.15) is 49.9 Å². The van der Waals surface area contributed by atoms with Gasteiger partial charge in [0.25, 0.3) is 0 Å². The average molecular weight is 519 g/mol. The van der Waals surface area contributed by atoms with Gasteiger partial charge in [-0.25, -0.2) is 0 Å². The minimum absolute atomic E-state index is 0.107. The lowest BCUT2D eigenvalue weighted by Gasteiger charge is -2.31. The van der Waals surface area contributed by atoms with Gasteiger partial charge in [0.05, 0.1) is 5.52 Å². The molecular formula is C37H35BN2. The lowest BCUT2D eigenvalue weighted by Crippen LogP contribution is -2.53. The predicted molar refractivity (Wildman–Crippen MR) is 173 cm³/mol. The molecule has 0 spiro atoms. The topological polar surface area (TPSA) is 9.86 Å². The van der Waals surface area contributed by atoms with Crippen molar-refractivity contribution >= 4 is 56.6 Å². The van der Waals surface area contributed by atoms with E-state index in [1.54, 1.807) is 0 Å². The molecule has 0 saturated heterocycles. The van der Waals surface area contributed by atoms with E-state index < -0.39 is 0 Å². The summed E-state index contributed by atoms with van der Waals surface area (Å²) in [5.74, 6) is 1.35. The van der Waals surface area contributed by atoms with Crippen molar-refractivity contribution in [3.8, 4) is 5.69 Å². The van der Waals surface area contributed by atoms with Gasteiger partial charge in [0.1, 0.15) is 0 Å². The summed E-state index contributed by atoms with van der Waals surface area (Å²) in [6.07, 6.45) is 9.91. The smallest absolute Gasteiger partial charge is 0.332 e. The van der Waals surface area contributed by atoms with Crippen LogP contribution in [0.25, 0.3) is 44.5 Å². The van der Waals surface area contributed by atoms with E-state index in [1.165, 1.54) is 85.4 Å². The van der Waals surface area contributed by atoms with Crippen LogP contribution in [0.4, 0.5) is 0 Å². The van der Waals surface area contributed by atoms with Crippen molar-refractivity contribution in [2.45, 2.75) is 46.5 Å². The van der Waals surface area contributed by atoms with Gasteiger partial charge in [0.15, 0.2) is 0 Å². The van der Waals surface area contributed by atoms with Gasteiger partial charge < -0.3 is 9.05 Å². The first kappa shape index (κ1) is 23.9. The van der Waals surface area contributed by atoms with Gasteiger partial charge in [0.2, 0.25) is 0 Å². The summed E-state index contributed by atoms with van der Waals surface area (Å²) in [7, 11) is 0. The number of fused-ring (bicyclic) bond motifs is 8. The van der Waals surface area contributed by atoms with E-state index in [4.69, 9.17) is 0 Å². The van der Waals surface area contributed by atoms with Crippen LogP contribution in [0.2, 0.25) is 0 Å². The second kappa shape index (κ2) is 9.03. The summed E-state index contributed by atoms with van der Waals surface area (Å²) >= 11 is 0. The molecule has 0 saturated carbocycles. The number of allylic oxidation sites excluding steroid dienone is 1. The van der Waals surface area contributed by atoms with E-state index in [0.29, 0.717) is 5.92 Å². The minimum atomic E-state index is 0.107. The molecule has 0 N–H and O–H groups in total. The summed E-state index contributed by atoms with van der Waals surface area (Å²) in [6.45, 7) is 7.07. The highest BCUT2D eigenvalue weighted by atomic mass is 15.0. The first-order valence-corrected chi connectivity index (χ1v) is 15.1. The van der Waals surface area contributed by atoms with Crippen LogP contribution in [-0.4, -0.2) is 15.9 Å². The van der Waals surface area contributed by atoms with Gasteiger partial charge in [-0.2, -0.15) is 0 Å². The van der Waals surface area contributed by atoms with E-state index in [2.05, 4.69) is 127 Å². The zero-order valence-electron chi connectivity index (χ0n) is 23.7. The molecule has 2 aliphatic rings. The van der Waals surface area contributed by atoms with Crippen LogP contribution < -0.4 is 10.9 Å². The third-order valence-corrected chi connectivity index (χ3v) is 9.85. The fourth-order valence-electron chi connectivity index (χ4n) is 8.10. The lowest BCUT2D eigenvalue weighted by molar-refractivity contribution is 0.349. The van der Waals surface area contributed by atoms with Crippen LogP contribution in [0.5, 0.6) is 0 Å². The zero-order valence-corrected chi connectivity index (χ0v) is 23.7. The molecule has 0 fully saturated rings. The van der Waals surface area contributed by atoms with Gasteiger partial charge in [-0.1, -0.05) is 118 Å². The molecule has 3 heteroatoms. The Morgan fingerprint density at radius 2 is 1.55 bits per heavy atom. The van der Waals surface area contributed by atoms with Crippen molar-refractivity contribution in [3.05, 3.63) is 108 Å². The maximum absolute atomic E-state index is 2.64. The number of aromatic nitrogens is 2. The Labute approximate surface area is 237 Å². The maximum Gasteiger partial charge on any atom is 0.332 e. The molecule has 0 bridgehead atoms.